The van der Waals surface area contributed by atoms with E-state index in [4.69, 9.17) is 0 Å². The fourth-order valence-electron chi connectivity index (χ4n) is 2.57. The molecule has 1 amide bonds. The normalized spacial score (nSPS) is 23.7. The molecule has 19 heavy (non-hydrogen) atoms. The van der Waals surface area contributed by atoms with Crippen molar-refractivity contribution in [3.8, 4) is 0 Å². The Morgan fingerprint density at radius 2 is 2.00 bits per heavy atom. The fourth-order valence-corrected chi connectivity index (χ4v) is 3.80. The van der Waals surface area contributed by atoms with Crippen molar-refractivity contribution in [1.29, 1.82) is 0 Å². The summed E-state index contributed by atoms with van der Waals surface area (Å²) in [6.07, 6.45) is 5.92. The van der Waals surface area contributed by atoms with Crippen LogP contribution < -0.4 is 5.32 Å². The minimum Gasteiger partial charge on any atom is -0.349 e. The van der Waals surface area contributed by atoms with Crippen molar-refractivity contribution in [3.63, 3.8) is 0 Å². The average Bonchev–Trinajstić information content (AvgIpc) is 2.54. The van der Waals surface area contributed by atoms with Crippen molar-refractivity contribution >= 4 is 37.8 Å². The van der Waals surface area contributed by atoms with Gasteiger partial charge in [0.05, 0.1) is 5.56 Å². The van der Waals surface area contributed by atoms with Crippen LogP contribution in [0.3, 0.4) is 0 Å². The molecule has 0 saturated heterocycles. The molecule has 0 bridgehead atoms. The molecule has 0 radical (unpaired) electrons. The summed E-state index contributed by atoms with van der Waals surface area (Å²) in [6.45, 7) is 2.30. The number of amides is 1. The summed E-state index contributed by atoms with van der Waals surface area (Å²) in [6, 6.07) is 5.98. The monoisotopic (exact) mass is 387 g/mol. The number of rotatable bonds is 2. The summed E-state index contributed by atoms with van der Waals surface area (Å²) in [7, 11) is 0. The first-order valence-electron chi connectivity index (χ1n) is 6.82. The van der Waals surface area contributed by atoms with Crippen LogP contribution in [-0.2, 0) is 0 Å². The minimum absolute atomic E-state index is 0.0268. The van der Waals surface area contributed by atoms with Gasteiger partial charge in [0.2, 0.25) is 0 Å². The molecule has 2 rings (SSSR count). The quantitative estimate of drug-likeness (QED) is 0.716. The second kappa shape index (κ2) is 6.89. The van der Waals surface area contributed by atoms with Crippen LogP contribution in [0.2, 0.25) is 0 Å². The van der Waals surface area contributed by atoms with E-state index in [1.807, 2.05) is 18.2 Å². The summed E-state index contributed by atoms with van der Waals surface area (Å²) in [5.41, 5.74) is 0.709. The van der Waals surface area contributed by atoms with Gasteiger partial charge in [0.1, 0.15) is 0 Å². The van der Waals surface area contributed by atoms with Gasteiger partial charge in [-0.05, 0) is 59.3 Å². The maximum Gasteiger partial charge on any atom is 0.252 e. The molecule has 4 heteroatoms. The van der Waals surface area contributed by atoms with Gasteiger partial charge in [-0.2, -0.15) is 0 Å². The number of carbonyl (C=O) groups is 1. The van der Waals surface area contributed by atoms with Gasteiger partial charge in [-0.1, -0.05) is 35.7 Å². The van der Waals surface area contributed by atoms with E-state index in [1.54, 1.807) is 0 Å². The third-order valence-corrected chi connectivity index (χ3v) is 4.92. The largest absolute Gasteiger partial charge is 0.349 e. The van der Waals surface area contributed by atoms with Crippen molar-refractivity contribution in [1.82, 2.24) is 5.32 Å². The SMILES string of the molecule is CC1CCCC(NC(=O)c2ccc(Br)cc2Br)CC1. The molecule has 1 N–H and O–H groups in total. The van der Waals surface area contributed by atoms with Crippen LogP contribution in [0.1, 0.15) is 49.4 Å². The lowest BCUT2D eigenvalue weighted by Gasteiger charge is -2.17. The molecule has 0 aromatic heterocycles. The topological polar surface area (TPSA) is 29.1 Å². The van der Waals surface area contributed by atoms with Gasteiger partial charge in [-0.3, -0.25) is 4.79 Å². The molecule has 1 fully saturated rings. The number of carbonyl (C=O) groups excluding carboxylic acids is 1. The highest BCUT2D eigenvalue weighted by Gasteiger charge is 2.19. The lowest BCUT2D eigenvalue weighted by atomic mass is 10.0. The van der Waals surface area contributed by atoms with Gasteiger partial charge in [-0.25, -0.2) is 0 Å². The summed E-state index contributed by atoms with van der Waals surface area (Å²) < 4.78 is 1.81. The van der Waals surface area contributed by atoms with E-state index in [9.17, 15) is 4.79 Å². The lowest BCUT2D eigenvalue weighted by molar-refractivity contribution is 0.0932. The zero-order valence-electron chi connectivity index (χ0n) is 11.1. The van der Waals surface area contributed by atoms with E-state index in [0.29, 0.717) is 11.6 Å². The number of benzene rings is 1. The summed E-state index contributed by atoms with van der Waals surface area (Å²) in [4.78, 5) is 12.3. The van der Waals surface area contributed by atoms with E-state index >= 15 is 0 Å². The second-order valence-corrected chi connectivity index (χ2v) is 7.18. The van der Waals surface area contributed by atoms with Crippen LogP contribution in [0, 0.1) is 5.92 Å². The highest BCUT2D eigenvalue weighted by Crippen LogP contribution is 2.25. The highest BCUT2D eigenvalue weighted by atomic mass is 79.9. The van der Waals surface area contributed by atoms with Crippen LogP contribution in [0.15, 0.2) is 27.1 Å². The smallest absolute Gasteiger partial charge is 0.252 e. The third-order valence-electron chi connectivity index (χ3n) is 3.77. The van der Waals surface area contributed by atoms with Gasteiger partial charge >= 0.3 is 0 Å². The van der Waals surface area contributed by atoms with Crippen LogP contribution in [0.5, 0.6) is 0 Å². The van der Waals surface area contributed by atoms with Gasteiger partial charge in [0.25, 0.3) is 5.91 Å². The van der Waals surface area contributed by atoms with E-state index < -0.39 is 0 Å². The molecule has 1 aromatic carbocycles. The van der Waals surface area contributed by atoms with Gasteiger partial charge < -0.3 is 5.32 Å². The maximum atomic E-state index is 12.3. The molecule has 0 heterocycles. The zero-order valence-corrected chi connectivity index (χ0v) is 14.3. The average molecular weight is 389 g/mol. The molecule has 2 unspecified atom stereocenters. The Hall–Kier alpha value is -0.350. The van der Waals surface area contributed by atoms with Crippen LogP contribution in [0.25, 0.3) is 0 Å². The van der Waals surface area contributed by atoms with Gasteiger partial charge in [0, 0.05) is 15.0 Å². The summed E-state index contributed by atoms with van der Waals surface area (Å²) >= 11 is 6.85. The first kappa shape index (κ1) is 15.0. The zero-order chi connectivity index (χ0) is 13.8. The second-order valence-electron chi connectivity index (χ2n) is 5.41. The maximum absolute atomic E-state index is 12.3. The number of halogens is 2. The Labute approximate surface area is 131 Å². The third kappa shape index (κ3) is 4.32. The van der Waals surface area contributed by atoms with Crippen molar-refractivity contribution < 1.29 is 4.79 Å². The van der Waals surface area contributed by atoms with Crippen molar-refractivity contribution in [2.24, 2.45) is 5.92 Å². The van der Waals surface area contributed by atoms with Gasteiger partial charge in [-0.15, -0.1) is 0 Å². The van der Waals surface area contributed by atoms with E-state index in [0.717, 1.165) is 27.7 Å². The molecule has 1 aromatic rings. The molecule has 0 spiro atoms. The summed E-state index contributed by atoms with van der Waals surface area (Å²) in [5.74, 6) is 0.820. The standard InChI is InChI=1S/C15H19Br2NO/c1-10-3-2-4-12(7-5-10)18-15(19)13-8-6-11(16)9-14(13)17/h6,8-10,12H,2-5,7H2,1H3,(H,18,19). The lowest BCUT2D eigenvalue weighted by Crippen LogP contribution is -2.34. The molecule has 0 aliphatic heterocycles. The molecule has 1 aliphatic rings. The van der Waals surface area contributed by atoms with Crippen LogP contribution in [0.4, 0.5) is 0 Å². The molecule has 1 saturated carbocycles. The van der Waals surface area contributed by atoms with Crippen LogP contribution >= 0.6 is 31.9 Å². The van der Waals surface area contributed by atoms with E-state index in [1.165, 1.54) is 19.3 Å². The molecule has 104 valence electrons. The van der Waals surface area contributed by atoms with Crippen molar-refractivity contribution in [2.75, 3.05) is 0 Å². The van der Waals surface area contributed by atoms with E-state index in [-0.39, 0.29) is 5.91 Å². The molecule has 2 atom stereocenters. The summed E-state index contributed by atoms with van der Waals surface area (Å²) in [5, 5.41) is 3.17. The molecular weight excluding hydrogens is 370 g/mol. The number of hydrogen-bond acceptors (Lipinski definition) is 1. The fraction of sp³-hybridized carbons (Fsp3) is 0.533. The number of hydrogen-bond donors (Lipinski definition) is 1. The molecule has 2 nitrogen and oxygen atoms in total. The van der Waals surface area contributed by atoms with Gasteiger partial charge in [0.15, 0.2) is 0 Å². The predicted molar refractivity (Wildman–Crippen MR) is 85.3 cm³/mol. The minimum atomic E-state index is 0.0268. The Morgan fingerprint density at radius 1 is 1.21 bits per heavy atom. The predicted octanol–water partition coefficient (Wildman–Crippen LogP) is 4.91. The first-order valence-corrected chi connectivity index (χ1v) is 8.41. The van der Waals surface area contributed by atoms with Crippen molar-refractivity contribution in [3.05, 3.63) is 32.7 Å². The highest BCUT2D eigenvalue weighted by molar-refractivity contribution is 9.11. The number of nitrogens with one attached hydrogen (secondary N) is 1. The molecular formula is C15H19Br2NO. The Kier molecular flexibility index (Phi) is 5.46. The Morgan fingerprint density at radius 3 is 2.74 bits per heavy atom. The molecule has 1 aliphatic carbocycles. The van der Waals surface area contributed by atoms with E-state index in [2.05, 4.69) is 44.1 Å². The van der Waals surface area contributed by atoms with Crippen LogP contribution in [-0.4, -0.2) is 11.9 Å². The van der Waals surface area contributed by atoms with Crippen molar-refractivity contribution in [2.45, 2.75) is 45.1 Å². The first-order chi connectivity index (χ1) is 9.06. The Balaban J connectivity index is 2.00. The Bertz CT molecular complexity index is 461.